The lowest BCUT2D eigenvalue weighted by Crippen LogP contribution is -2.05. The average molecular weight is 407 g/mol. The molecule has 9 nitrogen and oxygen atoms in total. The average Bonchev–Trinajstić information content (AvgIpc) is 3.02. The fourth-order valence-electron chi connectivity index (χ4n) is 3.00. The second-order valence-corrected chi connectivity index (χ2v) is 6.46. The molecule has 0 saturated carbocycles. The number of benzene rings is 1. The van der Waals surface area contributed by atoms with E-state index in [1.165, 1.54) is 18.3 Å². The first-order chi connectivity index (χ1) is 14.4. The number of rotatable bonds is 7. The molecule has 0 atom stereocenters. The van der Waals surface area contributed by atoms with Gasteiger partial charge in [0.15, 0.2) is 0 Å². The van der Waals surface area contributed by atoms with Crippen LogP contribution in [0.3, 0.4) is 0 Å². The molecule has 154 valence electrons. The van der Waals surface area contributed by atoms with Gasteiger partial charge in [0.05, 0.1) is 23.3 Å². The third-order valence-corrected chi connectivity index (χ3v) is 4.45. The summed E-state index contributed by atoms with van der Waals surface area (Å²) in [6, 6.07) is 12.0. The normalized spacial score (nSPS) is 10.9. The van der Waals surface area contributed by atoms with Gasteiger partial charge in [0.1, 0.15) is 12.0 Å². The molecule has 30 heavy (non-hydrogen) atoms. The molecule has 3 rings (SSSR count). The van der Waals surface area contributed by atoms with Gasteiger partial charge in [0.25, 0.3) is 5.69 Å². The van der Waals surface area contributed by atoms with Crippen molar-refractivity contribution in [3.63, 3.8) is 0 Å². The van der Waals surface area contributed by atoms with Crippen LogP contribution in [0.1, 0.15) is 34.2 Å². The number of anilines is 1. The molecule has 0 saturated heterocycles. The molecule has 0 spiro atoms. The van der Waals surface area contributed by atoms with E-state index in [0.29, 0.717) is 18.0 Å². The number of carbonyl (C=O) groups excluding carboxylic acids is 1. The number of nitro groups is 1. The van der Waals surface area contributed by atoms with Crippen molar-refractivity contribution in [2.45, 2.75) is 20.8 Å². The van der Waals surface area contributed by atoms with Gasteiger partial charge >= 0.3 is 5.97 Å². The zero-order valence-electron chi connectivity index (χ0n) is 16.8. The topological polar surface area (TPSA) is 112 Å². The highest BCUT2D eigenvalue weighted by molar-refractivity contribution is 5.89. The monoisotopic (exact) mass is 407 g/mol. The summed E-state index contributed by atoms with van der Waals surface area (Å²) in [5.41, 5.74) is 6.98. The zero-order chi connectivity index (χ0) is 21.7. The molecule has 1 aromatic carbocycles. The van der Waals surface area contributed by atoms with E-state index in [1.54, 1.807) is 25.3 Å². The van der Waals surface area contributed by atoms with Gasteiger partial charge < -0.3 is 9.30 Å². The van der Waals surface area contributed by atoms with Crippen LogP contribution in [0.2, 0.25) is 0 Å². The Hall–Kier alpha value is -4.01. The first kappa shape index (κ1) is 20.7. The van der Waals surface area contributed by atoms with E-state index in [9.17, 15) is 14.9 Å². The van der Waals surface area contributed by atoms with Gasteiger partial charge in [-0.15, -0.1) is 0 Å². The second kappa shape index (κ2) is 8.99. The van der Waals surface area contributed by atoms with Crippen LogP contribution in [0.25, 0.3) is 5.69 Å². The summed E-state index contributed by atoms with van der Waals surface area (Å²) in [7, 11) is 0. The Labute approximate surface area is 173 Å². The Morgan fingerprint density at radius 2 is 2.00 bits per heavy atom. The molecule has 1 N–H and O–H groups in total. The largest absolute Gasteiger partial charge is 0.462 e. The molecule has 0 aliphatic rings. The van der Waals surface area contributed by atoms with Crippen LogP contribution in [-0.2, 0) is 4.74 Å². The Morgan fingerprint density at radius 3 is 2.60 bits per heavy atom. The number of aromatic nitrogens is 2. The molecule has 3 aromatic rings. The molecule has 0 unspecified atom stereocenters. The van der Waals surface area contributed by atoms with Crippen molar-refractivity contribution >= 4 is 23.7 Å². The van der Waals surface area contributed by atoms with Crippen LogP contribution in [0.4, 0.5) is 11.5 Å². The van der Waals surface area contributed by atoms with E-state index in [-0.39, 0.29) is 11.7 Å². The number of esters is 1. The summed E-state index contributed by atoms with van der Waals surface area (Å²) in [4.78, 5) is 25.9. The highest BCUT2D eigenvalue weighted by atomic mass is 16.6. The summed E-state index contributed by atoms with van der Waals surface area (Å²) in [5, 5.41) is 14.8. The Bertz CT molecular complexity index is 1090. The SMILES string of the molecule is CCOC(=O)c1ccc(-n2c(C)cc(/C=N\Nc3ccc([N+](=O)[O-])cn3)c2C)cc1. The number of aryl methyl sites for hydroxylation is 1. The lowest BCUT2D eigenvalue weighted by atomic mass is 10.2. The van der Waals surface area contributed by atoms with E-state index in [0.717, 1.165) is 22.6 Å². The molecule has 0 fully saturated rings. The maximum atomic E-state index is 11.8. The maximum absolute atomic E-state index is 11.8. The number of hydrazone groups is 1. The van der Waals surface area contributed by atoms with E-state index < -0.39 is 4.92 Å². The van der Waals surface area contributed by atoms with Crippen LogP contribution >= 0.6 is 0 Å². The van der Waals surface area contributed by atoms with Crippen LogP contribution in [0, 0.1) is 24.0 Å². The third-order valence-electron chi connectivity index (χ3n) is 4.45. The highest BCUT2D eigenvalue weighted by Gasteiger charge is 2.11. The molecule has 2 aromatic heterocycles. The van der Waals surface area contributed by atoms with E-state index in [2.05, 4.69) is 20.1 Å². The number of carbonyl (C=O) groups is 1. The maximum Gasteiger partial charge on any atom is 0.338 e. The lowest BCUT2D eigenvalue weighted by Gasteiger charge is -2.10. The van der Waals surface area contributed by atoms with E-state index in [4.69, 9.17) is 4.74 Å². The first-order valence-corrected chi connectivity index (χ1v) is 9.26. The third kappa shape index (κ3) is 4.52. The van der Waals surface area contributed by atoms with Gasteiger partial charge in [-0.25, -0.2) is 9.78 Å². The molecule has 2 heterocycles. The van der Waals surface area contributed by atoms with Gasteiger partial charge in [0.2, 0.25) is 0 Å². The summed E-state index contributed by atoms with van der Waals surface area (Å²) >= 11 is 0. The van der Waals surface area contributed by atoms with Crippen molar-refractivity contribution in [1.29, 1.82) is 0 Å². The van der Waals surface area contributed by atoms with Gasteiger partial charge in [-0.05, 0) is 57.2 Å². The van der Waals surface area contributed by atoms with Crippen molar-refractivity contribution in [3.05, 3.63) is 81.3 Å². The van der Waals surface area contributed by atoms with Crippen LogP contribution in [0.15, 0.2) is 53.8 Å². The fourth-order valence-corrected chi connectivity index (χ4v) is 3.00. The predicted octanol–water partition coefficient (Wildman–Crippen LogP) is 4.02. The predicted molar refractivity (Wildman–Crippen MR) is 113 cm³/mol. The Morgan fingerprint density at radius 1 is 1.27 bits per heavy atom. The van der Waals surface area contributed by atoms with Gasteiger partial charge in [-0.3, -0.25) is 15.5 Å². The molecule has 0 amide bonds. The molecular weight excluding hydrogens is 386 g/mol. The first-order valence-electron chi connectivity index (χ1n) is 9.26. The Balaban J connectivity index is 1.76. The fraction of sp³-hybridized carbons (Fsp3) is 0.190. The molecular formula is C21H21N5O4. The minimum atomic E-state index is -0.506. The van der Waals surface area contributed by atoms with Gasteiger partial charge in [0, 0.05) is 28.7 Å². The molecule has 0 aliphatic carbocycles. The second-order valence-electron chi connectivity index (χ2n) is 6.46. The quantitative estimate of drug-likeness (QED) is 0.274. The number of ether oxygens (including phenoxy) is 1. The molecule has 0 bridgehead atoms. The zero-order valence-corrected chi connectivity index (χ0v) is 16.8. The summed E-state index contributed by atoms with van der Waals surface area (Å²) in [5.74, 6) is 0.0592. The van der Waals surface area contributed by atoms with Crippen LogP contribution < -0.4 is 5.43 Å². The molecule has 0 aliphatic heterocycles. The lowest BCUT2D eigenvalue weighted by molar-refractivity contribution is -0.385. The van der Waals surface area contributed by atoms with Crippen molar-refractivity contribution in [1.82, 2.24) is 9.55 Å². The standard InChI is InChI=1S/C21H21N5O4/c1-4-30-21(27)16-5-7-18(8-6-16)25-14(2)11-17(15(25)3)12-23-24-20-10-9-19(13-22-20)26(28)29/h5-13H,4H2,1-3H3,(H,22,24)/b23-12-. The van der Waals surface area contributed by atoms with Gasteiger partial charge in [-0.2, -0.15) is 5.10 Å². The van der Waals surface area contributed by atoms with Gasteiger partial charge in [-0.1, -0.05) is 0 Å². The minimum absolute atomic E-state index is 0.0814. The number of nitrogens with zero attached hydrogens (tertiary/aromatic N) is 4. The smallest absolute Gasteiger partial charge is 0.338 e. The van der Waals surface area contributed by atoms with Crippen molar-refractivity contribution < 1.29 is 14.5 Å². The summed E-state index contributed by atoms with van der Waals surface area (Å²) < 4.78 is 7.07. The number of hydrogen-bond donors (Lipinski definition) is 1. The number of pyridine rings is 1. The minimum Gasteiger partial charge on any atom is -0.462 e. The van der Waals surface area contributed by atoms with E-state index >= 15 is 0 Å². The highest BCUT2D eigenvalue weighted by Crippen LogP contribution is 2.20. The number of hydrogen-bond acceptors (Lipinski definition) is 7. The summed E-state index contributed by atoms with van der Waals surface area (Å²) in [6.07, 6.45) is 2.83. The number of nitrogens with one attached hydrogen (secondary N) is 1. The van der Waals surface area contributed by atoms with Crippen molar-refractivity contribution in [2.75, 3.05) is 12.0 Å². The molecule has 0 radical (unpaired) electrons. The van der Waals surface area contributed by atoms with Crippen LogP contribution in [-0.4, -0.2) is 33.3 Å². The Kier molecular flexibility index (Phi) is 6.21. The van der Waals surface area contributed by atoms with Crippen LogP contribution in [0.5, 0.6) is 0 Å². The van der Waals surface area contributed by atoms with Crippen molar-refractivity contribution in [3.8, 4) is 5.69 Å². The van der Waals surface area contributed by atoms with E-state index in [1.807, 2.05) is 32.0 Å². The molecule has 9 heteroatoms. The van der Waals surface area contributed by atoms with Crippen molar-refractivity contribution in [2.24, 2.45) is 5.10 Å². The summed E-state index contributed by atoms with van der Waals surface area (Å²) in [6.45, 7) is 6.06.